The van der Waals surface area contributed by atoms with E-state index in [4.69, 9.17) is 10.5 Å². The molecule has 2 aromatic heterocycles. The fourth-order valence-corrected chi connectivity index (χ4v) is 2.50. The summed E-state index contributed by atoms with van der Waals surface area (Å²) in [6.07, 6.45) is 3.38. The fraction of sp³-hybridized carbons (Fsp3) is 0.118. The summed E-state index contributed by atoms with van der Waals surface area (Å²) in [4.78, 5) is 12.1. The highest BCUT2D eigenvalue weighted by Crippen LogP contribution is 2.27. The molecule has 2 N–H and O–H groups in total. The van der Waals surface area contributed by atoms with E-state index in [2.05, 4.69) is 5.10 Å². The Kier molecular flexibility index (Phi) is 3.80. The summed E-state index contributed by atoms with van der Waals surface area (Å²) in [5.74, 6) is -0.600. The van der Waals surface area contributed by atoms with Gasteiger partial charge in [-0.1, -0.05) is 12.1 Å². The van der Waals surface area contributed by atoms with Crippen LogP contribution in [0.4, 0.5) is 5.69 Å². The summed E-state index contributed by atoms with van der Waals surface area (Å²) in [6.45, 7) is 0. The highest BCUT2D eigenvalue weighted by molar-refractivity contribution is 5.96. The number of methoxy groups -OCH3 is 1. The lowest BCUT2D eigenvalue weighted by molar-refractivity contribution is 0.0593. The molecule has 7 heteroatoms. The van der Waals surface area contributed by atoms with Crippen LogP contribution < -0.4 is 5.73 Å². The first-order valence-corrected chi connectivity index (χ1v) is 7.15. The molecule has 7 nitrogen and oxygen atoms in total. The fourth-order valence-electron chi connectivity index (χ4n) is 2.50. The zero-order valence-corrected chi connectivity index (χ0v) is 13.2. The number of nitrogens with two attached hydrogens (primary N) is 1. The Morgan fingerprint density at radius 3 is 2.79 bits per heavy atom. The highest BCUT2D eigenvalue weighted by Gasteiger charge is 2.21. The Hall–Kier alpha value is -3.53. The van der Waals surface area contributed by atoms with Crippen molar-refractivity contribution < 1.29 is 9.53 Å². The van der Waals surface area contributed by atoms with Gasteiger partial charge in [-0.15, -0.1) is 0 Å². The average molecular weight is 321 g/mol. The molecule has 0 fully saturated rings. The number of hydrogen-bond donors (Lipinski definition) is 1. The molecule has 0 saturated heterocycles. The molecule has 0 amide bonds. The molecule has 120 valence electrons. The lowest BCUT2D eigenvalue weighted by atomic mass is 10.1. The molecular formula is C17H15N5O2. The monoisotopic (exact) mass is 321 g/mol. The molecule has 0 aliphatic heterocycles. The lowest BCUT2D eigenvalue weighted by Gasteiger charge is -2.09. The summed E-state index contributed by atoms with van der Waals surface area (Å²) in [6, 6.07) is 11.3. The molecule has 0 radical (unpaired) electrons. The topological polar surface area (TPSA) is 98.9 Å². The van der Waals surface area contributed by atoms with Crippen LogP contribution in [0.1, 0.15) is 16.1 Å². The maximum absolute atomic E-state index is 12.1. The summed E-state index contributed by atoms with van der Waals surface area (Å²) >= 11 is 0. The van der Waals surface area contributed by atoms with Crippen molar-refractivity contribution in [2.24, 2.45) is 7.05 Å². The molecule has 0 atom stereocenters. The Morgan fingerprint density at radius 2 is 2.17 bits per heavy atom. The normalized spacial score (nSPS) is 10.4. The number of carbonyl (C=O) groups is 1. The smallest absolute Gasteiger partial charge is 0.357 e. The van der Waals surface area contributed by atoms with Gasteiger partial charge in [0.05, 0.1) is 24.1 Å². The molecule has 3 aromatic rings. The van der Waals surface area contributed by atoms with E-state index in [0.29, 0.717) is 5.69 Å². The zero-order valence-electron chi connectivity index (χ0n) is 13.2. The lowest BCUT2D eigenvalue weighted by Crippen LogP contribution is -2.11. The predicted molar refractivity (Wildman–Crippen MR) is 88.4 cm³/mol. The number of esters is 1. The molecule has 0 bridgehead atoms. The molecule has 0 unspecified atom stereocenters. The van der Waals surface area contributed by atoms with E-state index in [9.17, 15) is 10.1 Å². The Morgan fingerprint density at radius 1 is 1.38 bits per heavy atom. The maximum atomic E-state index is 12.1. The van der Waals surface area contributed by atoms with Crippen LogP contribution in [0.15, 0.2) is 42.7 Å². The molecule has 0 aliphatic carbocycles. The van der Waals surface area contributed by atoms with Crippen molar-refractivity contribution in [2.45, 2.75) is 0 Å². The van der Waals surface area contributed by atoms with Crippen molar-refractivity contribution in [3.05, 3.63) is 54.0 Å². The first-order valence-electron chi connectivity index (χ1n) is 7.15. The van der Waals surface area contributed by atoms with Crippen LogP contribution in [0, 0.1) is 11.3 Å². The minimum Gasteiger partial charge on any atom is -0.464 e. The maximum Gasteiger partial charge on any atom is 0.357 e. The van der Waals surface area contributed by atoms with Crippen molar-refractivity contribution >= 4 is 11.7 Å². The number of nitriles is 1. The molecule has 2 heterocycles. The molecular weight excluding hydrogens is 306 g/mol. The van der Waals surface area contributed by atoms with Gasteiger partial charge >= 0.3 is 5.97 Å². The van der Waals surface area contributed by atoms with E-state index in [0.717, 1.165) is 11.3 Å². The van der Waals surface area contributed by atoms with Crippen molar-refractivity contribution in [3.63, 3.8) is 0 Å². The van der Waals surface area contributed by atoms with Crippen LogP contribution in [0.25, 0.3) is 16.9 Å². The van der Waals surface area contributed by atoms with Crippen molar-refractivity contribution in [3.8, 4) is 23.0 Å². The van der Waals surface area contributed by atoms with Gasteiger partial charge in [-0.2, -0.15) is 10.4 Å². The summed E-state index contributed by atoms with van der Waals surface area (Å²) in [7, 11) is 3.12. The second-order valence-corrected chi connectivity index (χ2v) is 5.20. The van der Waals surface area contributed by atoms with E-state index in [-0.39, 0.29) is 16.9 Å². The minimum atomic E-state index is -0.600. The number of nitrogen functional groups attached to an aromatic ring is 1. The predicted octanol–water partition coefficient (Wildman–Crippen LogP) is 2.12. The first-order chi connectivity index (χ1) is 11.5. The van der Waals surface area contributed by atoms with Gasteiger partial charge in [0.1, 0.15) is 6.07 Å². The molecule has 0 saturated carbocycles. The van der Waals surface area contributed by atoms with Crippen molar-refractivity contribution in [2.75, 3.05) is 12.8 Å². The zero-order chi connectivity index (χ0) is 17.3. The molecule has 1 aromatic carbocycles. The van der Waals surface area contributed by atoms with Gasteiger partial charge in [0, 0.05) is 30.7 Å². The van der Waals surface area contributed by atoms with Gasteiger partial charge < -0.3 is 15.0 Å². The van der Waals surface area contributed by atoms with Crippen LogP contribution in [0.2, 0.25) is 0 Å². The molecule has 24 heavy (non-hydrogen) atoms. The largest absolute Gasteiger partial charge is 0.464 e. The number of rotatable bonds is 3. The number of anilines is 1. The number of aromatic nitrogens is 3. The van der Waals surface area contributed by atoms with Crippen LogP contribution >= 0.6 is 0 Å². The van der Waals surface area contributed by atoms with Crippen molar-refractivity contribution in [1.82, 2.24) is 14.3 Å². The summed E-state index contributed by atoms with van der Waals surface area (Å²) < 4.78 is 8.06. The Balaban J connectivity index is 2.16. The SMILES string of the molecule is COC(=O)c1c(N)c(C#N)cn1-c1cccc(-c2ccn(C)n2)c1. The number of nitrogens with zero attached hydrogens (tertiary/aromatic N) is 4. The third kappa shape index (κ3) is 2.50. The van der Waals surface area contributed by atoms with Gasteiger partial charge in [-0.05, 0) is 18.2 Å². The summed E-state index contributed by atoms with van der Waals surface area (Å²) in [5, 5.41) is 13.6. The Labute approximate surface area is 138 Å². The second-order valence-electron chi connectivity index (χ2n) is 5.20. The number of aryl methyl sites for hydroxylation is 1. The number of carbonyl (C=O) groups excluding carboxylic acids is 1. The van der Waals surface area contributed by atoms with Crippen molar-refractivity contribution in [1.29, 1.82) is 5.26 Å². The Bertz CT molecular complexity index is 962. The van der Waals surface area contributed by atoms with Gasteiger partial charge in [-0.25, -0.2) is 4.79 Å². The molecule has 3 rings (SSSR count). The van der Waals surface area contributed by atoms with Gasteiger partial charge in [0.2, 0.25) is 0 Å². The second kappa shape index (κ2) is 5.93. The van der Waals surface area contributed by atoms with E-state index in [1.165, 1.54) is 13.3 Å². The van der Waals surface area contributed by atoms with Crippen LogP contribution in [-0.2, 0) is 11.8 Å². The third-order valence-electron chi connectivity index (χ3n) is 3.68. The first kappa shape index (κ1) is 15.4. The summed E-state index contributed by atoms with van der Waals surface area (Å²) in [5.41, 5.74) is 8.75. The minimum absolute atomic E-state index is 0.104. The number of hydrogen-bond acceptors (Lipinski definition) is 5. The average Bonchev–Trinajstić information content (AvgIpc) is 3.17. The van der Waals surface area contributed by atoms with Crippen LogP contribution in [0.3, 0.4) is 0 Å². The van der Waals surface area contributed by atoms with E-state index in [1.54, 1.807) is 9.25 Å². The van der Waals surface area contributed by atoms with Gasteiger partial charge in [0.25, 0.3) is 0 Å². The number of ether oxygens (including phenoxy) is 1. The third-order valence-corrected chi connectivity index (χ3v) is 3.68. The molecule has 0 spiro atoms. The van der Waals surface area contributed by atoms with Crippen LogP contribution in [-0.4, -0.2) is 27.4 Å². The molecule has 0 aliphatic rings. The highest BCUT2D eigenvalue weighted by atomic mass is 16.5. The van der Waals surface area contributed by atoms with Gasteiger partial charge in [0.15, 0.2) is 5.69 Å². The van der Waals surface area contributed by atoms with E-state index in [1.807, 2.05) is 49.6 Å². The van der Waals surface area contributed by atoms with E-state index < -0.39 is 5.97 Å². The van der Waals surface area contributed by atoms with Crippen LogP contribution in [0.5, 0.6) is 0 Å². The standard InChI is InChI=1S/C17H15N5O2/c1-21-7-6-14(20-21)11-4-3-5-13(8-11)22-10-12(9-18)15(19)16(22)17(23)24-2/h3-8,10H,19H2,1-2H3. The number of benzene rings is 1. The van der Waals surface area contributed by atoms with Gasteiger partial charge in [-0.3, -0.25) is 4.68 Å². The van der Waals surface area contributed by atoms with E-state index >= 15 is 0 Å². The quantitative estimate of drug-likeness (QED) is 0.745.